The summed E-state index contributed by atoms with van der Waals surface area (Å²) < 4.78 is 22.6. The highest BCUT2D eigenvalue weighted by molar-refractivity contribution is 7.91. The number of allylic oxidation sites excluding steroid dienone is 1. The van der Waals surface area contributed by atoms with Crippen LogP contribution in [0, 0.1) is 0 Å². The Morgan fingerprint density at radius 3 is 2.57 bits per heavy atom. The van der Waals surface area contributed by atoms with Gasteiger partial charge in [-0.05, 0) is 24.5 Å². The predicted molar refractivity (Wildman–Crippen MR) is 88.3 cm³/mol. The van der Waals surface area contributed by atoms with Gasteiger partial charge in [0.15, 0.2) is 9.84 Å². The lowest BCUT2D eigenvalue weighted by Gasteiger charge is -2.11. The Kier molecular flexibility index (Phi) is 5.54. The largest absolute Gasteiger partial charge is 0.351 e. The normalized spacial score (nSPS) is 20.0. The highest BCUT2D eigenvalue weighted by Gasteiger charge is 2.28. The fourth-order valence-corrected chi connectivity index (χ4v) is 4.06. The van der Waals surface area contributed by atoms with Gasteiger partial charge in [0, 0.05) is 12.1 Å². The first kappa shape index (κ1) is 17.2. The van der Waals surface area contributed by atoms with E-state index in [1.807, 2.05) is 37.3 Å². The molecule has 1 fully saturated rings. The first-order chi connectivity index (χ1) is 10.9. The lowest BCUT2D eigenvalue weighted by molar-refractivity contribution is -0.124. The first-order valence-corrected chi connectivity index (χ1v) is 9.19. The molecule has 1 aromatic carbocycles. The SMILES string of the molecule is C/C(=C/C(=O)NCC(=O)N[C@H]1CCS(=O)(=O)C1)c1ccccc1. The van der Waals surface area contributed by atoms with Gasteiger partial charge >= 0.3 is 0 Å². The summed E-state index contributed by atoms with van der Waals surface area (Å²) in [5.41, 5.74) is 1.73. The number of sulfone groups is 1. The van der Waals surface area contributed by atoms with Crippen molar-refractivity contribution in [1.82, 2.24) is 10.6 Å². The summed E-state index contributed by atoms with van der Waals surface area (Å²) in [6.45, 7) is 1.65. The summed E-state index contributed by atoms with van der Waals surface area (Å²) in [4.78, 5) is 23.5. The first-order valence-electron chi connectivity index (χ1n) is 7.37. The molecule has 1 aromatic rings. The minimum absolute atomic E-state index is 0.0281. The summed E-state index contributed by atoms with van der Waals surface area (Å²) in [6.07, 6.45) is 1.86. The van der Waals surface area contributed by atoms with Crippen molar-refractivity contribution in [3.05, 3.63) is 42.0 Å². The summed E-state index contributed by atoms with van der Waals surface area (Å²) in [7, 11) is -3.03. The van der Waals surface area contributed by atoms with Crippen LogP contribution < -0.4 is 10.6 Å². The number of hydrogen-bond donors (Lipinski definition) is 2. The molecule has 0 spiro atoms. The van der Waals surface area contributed by atoms with Crippen molar-refractivity contribution in [2.24, 2.45) is 0 Å². The van der Waals surface area contributed by atoms with E-state index in [0.29, 0.717) is 6.42 Å². The van der Waals surface area contributed by atoms with E-state index in [9.17, 15) is 18.0 Å². The fraction of sp³-hybridized carbons (Fsp3) is 0.375. The zero-order valence-electron chi connectivity index (χ0n) is 12.9. The molecular formula is C16H20N2O4S. The molecular weight excluding hydrogens is 316 g/mol. The number of nitrogens with one attached hydrogen (secondary N) is 2. The smallest absolute Gasteiger partial charge is 0.244 e. The van der Waals surface area contributed by atoms with Crippen molar-refractivity contribution in [3.8, 4) is 0 Å². The third-order valence-corrected chi connectivity index (χ3v) is 5.37. The zero-order chi connectivity index (χ0) is 16.9. The third-order valence-electron chi connectivity index (χ3n) is 3.60. The average molecular weight is 336 g/mol. The van der Waals surface area contributed by atoms with Gasteiger partial charge in [0.05, 0.1) is 18.1 Å². The van der Waals surface area contributed by atoms with Gasteiger partial charge in [-0.15, -0.1) is 0 Å². The van der Waals surface area contributed by atoms with Crippen molar-refractivity contribution in [1.29, 1.82) is 0 Å². The molecule has 0 bridgehead atoms. The lowest BCUT2D eigenvalue weighted by atomic mass is 10.1. The molecule has 2 amide bonds. The fourth-order valence-electron chi connectivity index (χ4n) is 2.39. The van der Waals surface area contributed by atoms with Gasteiger partial charge in [-0.2, -0.15) is 0 Å². The van der Waals surface area contributed by atoms with Gasteiger partial charge < -0.3 is 10.6 Å². The van der Waals surface area contributed by atoms with Crippen LogP contribution in [0.15, 0.2) is 36.4 Å². The molecule has 124 valence electrons. The molecule has 1 heterocycles. The molecule has 0 unspecified atom stereocenters. The van der Waals surface area contributed by atoms with Gasteiger partial charge in [-0.25, -0.2) is 8.42 Å². The molecule has 2 rings (SSSR count). The molecule has 23 heavy (non-hydrogen) atoms. The maximum atomic E-state index is 11.8. The van der Waals surface area contributed by atoms with Crippen LogP contribution in [-0.2, 0) is 19.4 Å². The van der Waals surface area contributed by atoms with E-state index in [2.05, 4.69) is 10.6 Å². The topological polar surface area (TPSA) is 92.3 Å². The summed E-state index contributed by atoms with van der Waals surface area (Å²) >= 11 is 0. The van der Waals surface area contributed by atoms with E-state index in [4.69, 9.17) is 0 Å². The van der Waals surface area contributed by atoms with Gasteiger partial charge in [0.25, 0.3) is 0 Å². The Bertz CT molecular complexity index is 711. The lowest BCUT2D eigenvalue weighted by Crippen LogP contribution is -2.42. The zero-order valence-corrected chi connectivity index (χ0v) is 13.7. The molecule has 1 aliphatic heterocycles. The van der Waals surface area contributed by atoms with E-state index in [-0.39, 0.29) is 35.9 Å². The number of carbonyl (C=O) groups is 2. The molecule has 0 aliphatic carbocycles. The number of benzene rings is 1. The molecule has 0 saturated carbocycles. The molecule has 7 heteroatoms. The maximum absolute atomic E-state index is 11.8. The second kappa shape index (κ2) is 7.41. The van der Waals surface area contributed by atoms with Gasteiger partial charge in [0.2, 0.25) is 11.8 Å². The van der Waals surface area contributed by atoms with Gasteiger partial charge in [-0.1, -0.05) is 30.3 Å². The molecule has 0 aromatic heterocycles. The Balaban J connectivity index is 1.79. The molecule has 1 saturated heterocycles. The molecule has 2 N–H and O–H groups in total. The Morgan fingerprint density at radius 2 is 1.96 bits per heavy atom. The van der Waals surface area contributed by atoms with Crippen LogP contribution in [-0.4, -0.2) is 44.3 Å². The third kappa shape index (κ3) is 5.52. The highest BCUT2D eigenvalue weighted by atomic mass is 32.2. The van der Waals surface area contributed by atoms with Crippen LogP contribution in [0.1, 0.15) is 18.9 Å². The van der Waals surface area contributed by atoms with Crippen LogP contribution in [0.2, 0.25) is 0 Å². The van der Waals surface area contributed by atoms with Crippen LogP contribution in [0.25, 0.3) is 5.57 Å². The second-order valence-electron chi connectivity index (χ2n) is 5.58. The van der Waals surface area contributed by atoms with Gasteiger partial charge in [-0.3, -0.25) is 9.59 Å². The minimum atomic E-state index is -3.03. The van der Waals surface area contributed by atoms with Crippen molar-refractivity contribution < 1.29 is 18.0 Å². The molecule has 6 nitrogen and oxygen atoms in total. The number of rotatable bonds is 5. The quantitative estimate of drug-likeness (QED) is 0.766. The summed E-state index contributed by atoms with van der Waals surface area (Å²) in [6, 6.07) is 9.09. The van der Waals surface area contributed by atoms with Crippen molar-refractivity contribution in [2.45, 2.75) is 19.4 Å². The van der Waals surface area contributed by atoms with Crippen molar-refractivity contribution in [3.63, 3.8) is 0 Å². The maximum Gasteiger partial charge on any atom is 0.244 e. The second-order valence-corrected chi connectivity index (χ2v) is 7.81. The van der Waals surface area contributed by atoms with E-state index in [0.717, 1.165) is 11.1 Å². The number of carbonyl (C=O) groups excluding carboxylic acids is 2. The standard InChI is InChI=1S/C16H20N2O4S/c1-12(13-5-3-2-4-6-13)9-15(19)17-10-16(20)18-14-7-8-23(21,22)11-14/h2-6,9,14H,7-8,10-11H2,1H3,(H,17,19)(H,18,20)/b12-9-/t14-/m0/s1. The van der Waals surface area contributed by atoms with Crippen molar-refractivity contribution >= 4 is 27.2 Å². The molecule has 1 atom stereocenters. The van der Waals surface area contributed by atoms with Crippen LogP contribution in [0.3, 0.4) is 0 Å². The molecule has 1 aliphatic rings. The predicted octanol–water partition coefficient (Wildman–Crippen LogP) is 0.509. The van der Waals surface area contributed by atoms with Crippen LogP contribution in [0.5, 0.6) is 0 Å². The van der Waals surface area contributed by atoms with Crippen LogP contribution >= 0.6 is 0 Å². The monoisotopic (exact) mass is 336 g/mol. The van der Waals surface area contributed by atoms with Crippen molar-refractivity contribution in [2.75, 3.05) is 18.1 Å². The number of hydrogen-bond acceptors (Lipinski definition) is 4. The van der Waals surface area contributed by atoms with Gasteiger partial charge in [0.1, 0.15) is 0 Å². The summed E-state index contributed by atoms with van der Waals surface area (Å²) in [5.74, 6) is -0.671. The Hall–Kier alpha value is -2.15. The Morgan fingerprint density at radius 1 is 1.26 bits per heavy atom. The number of amides is 2. The highest BCUT2D eigenvalue weighted by Crippen LogP contribution is 2.12. The van der Waals surface area contributed by atoms with E-state index in [1.54, 1.807) is 0 Å². The van der Waals surface area contributed by atoms with E-state index >= 15 is 0 Å². The Labute approximate surface area is 135 Å². The van der Waals surface area contributed by atoms with Crippen LogP contribution in [0.4, 0.5) is 0 Å². The summed E-state index contributed by atoms with van der Waals surface area (Å²) in [5, 5.41) is 5.12. The minimum Gasteiger partial charge on any atom is -0.351 e. The molecule has 0 radical (unpaired) electrons. The average Bonchev–Trinajstić information content (AvgIpc) is 2.85. The van der Waals surface area contributed by atoms with E-state index in [1.165, 1.54) is 6.08 Å². The van der Waals surface area contributed by atoms with E-state index < -0.39 is 9.84 Å².